The minimum absolute atomic E-state index is 0.0556. The summed E-state index contributed by atoms with van der Waals surface area (Å²) >= 11 is 0. The van der Waals surface area contributed by atoms with E-state index in [1.54, 1.807) is 7.05 Å². The molecule has 0 heterocycles. The van der Waals surface area contributed by atoms with Crippen molar-refractivity contribution >= 4 is 5.91 Å². The zero-order chi connectivity index (χ0) is 15.4. The lowest BCUT2D eigenvalue weighted by Gasteiger charge is -2.45. The molecule has 7 heteroatoms. The van der Waals surface area contributed by atoms with E-state index >= 15 is 0 Å². The molecule has 0 aliphatic heterocycles. The topological polar surface area (TPSA) is 58.4 Å². The van der Waals surface area contributed by atoms with E-state index in [4.69, 9.17) is 5.73 Å². The zero-order valence-corrected chi connectivity index (χ0v) is 12.1. The molecule has 0 aromatic heterocycles. The molecule has 1 amide bonds. The van der Waals surface area contributed by atoms with Crippen molar-refractivity contribution in [1.82, 2.24) is 10.2 Å². The van der Waals surface area contributed by atoms with Crippen molar-refractivity contribution in [3.05, 3.63) is 0 Å². The minimum atomic E-state index is -4.38. The first-order chi connectivity index (χ1) is 9.18. The van der Waals surface area contributed by atoms with Gasteiger partial charge in [0.15, 0.2) is 0 Å². The van der Waals surface area contributed by atoms with E-state index in [2.05, 4.69) is 6.92 Å². The van der Waals surface area contributed by atoms with Crippen molar-refractivity contribution in [3.63, 3.8) is 0 Å². The number of carbonyl (C=O) groups is 1. The molecule has 0 aromatic carbocycles. The second kappa shape index (κ2) is 6.76. The highest BCUT2D eigenvalue weighted by atomic mass is 19.4. The minimum Gasteiger partial charge on any atom is -0.346 e. The standard InChI is InChI=1S/C13H24F3N3O/c1-10-4-3-5-12(6-10,8-17)19(2)7-11(20)18-9-13(14,15)16/h10H,3-9,17H2,1-2H3,(H,18,20). The lowest BCUT2D eigenvalue weighted by molar-refractivity contribution is -0.139. The smallest absolute Gasteiger partial charge is 0.346 e. The average Bonchev–Trinajstić information content (AvgIpc) is 2.35. The van der Waals surface area contributed by atoms with Gasteiger partial charge in [0.25, 0.3) is 0 Å². The first-order valence-electron chi connectivity index (χ1n) is 6.93. The van der Waals surface area contributed by atoms with Crippen molar-refractivity contribution in [2.45, 2.75) is 44.3 Å². The molecule has 0 aromatic rings. The van der Waals surface area contributed by atoms with Crippen LogP contribution >= 0.6 is 0 Å². The van der Waals surface area contributed by atoms with E-state index < -0.39 is 18.6 Å². The Morgan fingerprint density at radius 2 is 2.15 bits per heavy atom. The van der Waals surface area contributed by atoms with Gasteiger partial charge in [-0.15, -0.1) is 0 Å². The van der Waals surface area contributed by atoms with E-state index in [1.807, 2.05) is 10.2 Å². The monoisotopic (exact) mass is 295 g/mol. The molecule has 4 nitrogen and oxygen atoms in total. The quantitative estimate of drug-likeness (QED) is 0.808. The maximum atomic E-state index is 12.1. The third-order valence-electron chi connectivity index (χ3n) is 4.12. The maximum absolute atomic E-state index is 12.1. The van der Waals surface area contributed by atoms with Gasteiger partial charge in [-0.05, 0) is 25.8 Å². The van der Waals surface area contributed by atoms with Crippen LogP contribution in [0, 0.1) is 5.92 Å². The first-order valence-corrected chi connectivity index (χ1v) is 6.93. The summed E-state index contributed by atoms with van der Waals surface area (Å²) in [5, 5.41) is 1.90. The van der Waals surface area contributed by atoms with Gasteiger partial charge in [0.2, 0.25) is 5.91 Å². The summed E-state index contributed by atoms with van der Waals surface area (Å²) in [5.74, 6) is -0.0936. The molecule has 3 N–H and O–H groups in total. The van der Waals surface area contributed by atoms with Gasteiger partial charge >= 0.3 is 6.18 Å². The van der Waals surface area contributed by atoms with Gasteiger partial charge in [-0.3, -0.25) is 9.69 Å². The molecule has 1 fully saturated rings. The van der Waals surface area contributed by atoms with E-state index in [1.165, 1.54) is 0 Å². The molecule has 1 saturated carbocycles. The van der Waals surface area contributed by atoms with Crippen molar-refractivity contribution < 1.29 is 18.0 Å². The molecular weight excluding hydrogens is 271 g/mol. The van der Waals surface area contributed by atoms with E-state index in [0.717, 1.165) is 25.7 Å². The molecule has 1 aliphatic carbocycles. The SMILES string of the molecule is CC1CCCC(CN)(N(C)CC(=O)NCC(F)(F)F)C1. The van der Waals surface area contributed by atoms with Gasteiger partial charge in [-0.2, -0.15) is 13.2 Å². The molecule has 1 rings (SSSR count). The van der Waals surface area contributed by atoms with Gasteiger partial charge in [-0.1, -0.05) is 19.8 Å². The van der Waals surface area contributed by atoms with Gasteiger partial charge in [0.05, 0.1) is 6.54 Å². The molecule has 20 heavy (non-hydrogen) atoms. The Morgan fingerprint density at radius 3 is 2.65 bits per heavy atom. The highest BCUT2D eigenvalue weighted by Crippen LogP contribution is 2.35. The van der Waals surface area contributed by atoms with Crippen molar-refractivity contribution in [2.24, 2.45) is 11.7 Å². The summed E-state index contributed by atoms with van der Waals surface area (Å²) < 4.78 is 36.2. The van der Waals surface area contributed by atoms with Crippen LogP contribution in [0.5, 0.6) is 0 Å². The third kappa shape index (κ3) is 4.94. The van der Waals surface area contributed by atoms with Crippen molar-refractivity contribution in [2.75, 3.05) is 26.7 Å². The van der Waals surface area contributed by atoms with Crippen LogP contribution in [0.1, 0.15) is 32.6 Å². The number of nitrogens with two attached hydrogens (primary N) is 1. The number of carbonyl (C=O) groups excluding carboxylic acids is 1. The van der Waals surface area contributed by atoms with Crippen molar-refractivity contribution in [1.29, 1.82) is 0 Å². The highest BCUT2D eigenvalue weighted by Gasteiger charge is 2.38. The summed E-state index contributed by atoms with van der Waals surface area (Å²) in [6.07, 6.45) is -0.439. The van der Waals surface area contributed by atoms with E-state index in [-0.39, 0.29) is 12.1 Å². The zero-order valence-electron chi connectivity index (χ0n) is 12.1. The van der Waals surface area contributed by atoms with E-state index in [0.29, 0.717) is 12.5 Å². The molecular formula is C13H24F3N3O. The number of hydrogen-bond donors (Lipinski definition) is 2. The highest BCUT2D eigenvalue weighted by molar-refractivity contribution is 5.78. The predicted molar refractivity (Wildman–Crippen MR) is 71.1 cm³/mol. The second-order valence-corrected chi connectivity index (χ2v) is 5.88. The van der Waals surface area contributed by atoms with Crippen LogP contribution in [0.2, 0.25) is 0 Å². The van der Waals surface area contributed by atoms with Gasteiger partial charge in [0.1, 0.15) is 6.54 Å². The third-order valence-corrected chi connectivity index (χ3v) is 4.12. The normalized spacial score (nSPS) is 27.6. The maximum Gasteiger partial charge on any atom is 0.405 e. The van der Waals surface area contributed by atoms with Crippen LogP contribution in [0.25, 0.3) is 0 Å². The molecule has 0 saturated heterocycles. The van der Waals surface area contributed by atoms with Crippen LogP contribution in [0.3, 0.4) is 0 Å². The Labute approximate surface area is 117 Å². The van der Waals surface area contributed by atoms with Gasteiger partial charge < -0.3 is 11.1 Å². The van der Waals surface area contributed by atoms with Crippen LogP contribution in [0.15, 0.2) is 0 Å². The number of hydrogen-bond acceptors (Lipinski definition) is 3. The lowest BCUT2D eigenvalue weighted by atomic mass is 9.75. The summed E-state index contributed by atoms with van der Waals surface area (Å²) in [4.78, 5) is 13.4. The number of likely N-dealkylation sites (N-methyl/N-ethyl adjacent to an activating group) is 1. The summed E-state index contributed by atoms with van der Waals surface area (Å²) in [6, 6.07) is 0. The molecule has 2 unspecified atom stereocenters. The summed E-state index contributed by atoms with van der Waals surface area (Å²) in [5.41, 5.74) is 5.60. The average molecular weight is 295 g/mol. The van der Waals surface area contributed by atoms with Crippen LogP contribution in [-0.4, -0.2) is 49.2 Å². The molecule has 2 atom stereocenters. The Bertz CT molecular complexity index is 335. The molecule has 1 aliphatic rings. The Kier molecular flexibility index (Phi) is 5.82. The molecule has 118 valence electrons. The number of alkyl halides is 3. The first kappa shape index (κ1) is 17.2. The Balaban J connectivity index is 2.54. The Morgan fingerprint density at radius 1 is 1.50 bits per heavy atom. The summed E-state index contributed by atoms with van der Waals surface area (Å²) in [6.45, 7) is 1.22. The number of amides is 1. The van der Waals surface area contributed by atoms with Gasteiger partial charge in [-0.25, -0.2) is 0 Å². The predicted octanol–water partition coefficient (Wildman–Crippen LogP) is 1.50. The Hall–Kier alpha value is -0.820. The number of nitrogens with zero attached hydrogens (tertiary/aromatic N) is 1. The van der Waals surface area contributed by atoms with Crippen LogP contribution in [-0.2, 0) is 4.79 Å². The number of halogens is 3. The summed E-state index contributed by atoms with van der Waals surface area (Å²) in [7, 11) is 1.76. The number of rotatable bonds is 5. The molecule has 0 bridgehead atoms. The van der Waals surface area contributed by atoms with Crippen LogP contribution < -0.4 is 11.1 Å². The number of nitrogens with one attached hydrogen (secondary N) is 1. The van der Waals surface area contributed by atoms with Crippen LogP contribution in [0.4, 0.5) is 13.2 Å². The van der Waals surface area contributed by atoms with Crippen molar-refractivity contribution in [3.8, 4) is 0 Å². The molecule has 0 spiro atoms. The largest absolute Gasteiger partial charge is 0.405 e. The fourth-order valence-electron chi connectivity index (χ4n) is 2.96. The molecule has 0 radical (unpaired) electrons. The fourth-order valence-corrected chi connectivity index (χ4v) is 2.96. The van der Waals surface area contributed by atoms with E-state index in [9.17, 15) is 18.0 Å². The lowest BCUT2D eigenvalue weighted by Crippen LogP contribution is -2.57. The van der Waals surface area contributed by atoms with Gasteiger partial charge in [0, 0.05) is 12.1 Å². The second-order valence-electron chi connectivity index (χ2n) is 5.88. The fraction of sp³-hybridized carbons (Fsp3) is 0.923.